The SMILES string of the molecule is CC1(C)c2ccccc2-c2c1ccc1c2oc2c(-c3ccc(N(c4ccc(-c5cccc6c5oc5ccccc56)cc4)c4ccc(-c5cccc6c5sc5ccccc56)cc4)cc3)cccc21.CC1(C)c2ccccc2-c2c1ccc1c2sc2c(-c3ccc(N(c4ccc(-c5cccc6c5oc5ccccc56)cc4)c4ccc(-c5cccc6c5sc5ccccc56)cc4)cc3)cccc21. The van der Waals surface area contributed by atoms with Gasteiger partial charge in [-0.25, -0.2) is 0 Å². The molecule has 134 heavy (non-hydrogen) atoms. The molecular weight excluding hydrogens is 1690 g/mol. The molecule has 0 bridgehead atoms. The van der Waals surface area contributed by atoms with E-state index < -0.39 is 0 Å². The second-order valence-electron chi connectivity index (χ2n) is 36.7. The molecule has 28 rings (SSSR count). The van der Waals surface area contributed by atoms with Crippen LogP contribution in [0.4, 0.5) is 34.1 Å². The molecule has 0 N–H and O–H groups in total. The summed E-state index contributed by atoms with van der Waals surface area (Å²) in [6, 6.07) is 155. The minimum Gasteiger partial charge on any atom is -0.455 e. The molecule has 0 spiro atoms. The molecule has 0 saturated carbocycles. The third-order valence-corrected chi connectivity index (χ3v) is 32.4. The third-order valence-electron chi connectivity index (χ3n) is 28.7. The average molecular weight is 1770 g/mol. The lowest BCUT2D eigenvalue weighted by molar-refractivity contribution is 0.653. The van der Waals surface area contributed by atoms with Crippen molar-refractivity contribution in [3.05, 3.63) is 447 Å². The number of furan rings is 3. The lowest BCUT2D eigenvalue weighted by atomic mass is 9.82. The van der Waals surface area contributed by atoms with Gasteiger partial charge in [0.1, 0.15) is 33.5 Å². The fourth-order valence-electron chi connectivity index (χ4n) is 22.1. The normalized spacial score (nSPS) is 13.0. The first-order valence-electron chi connectivity index (χ1n) is 46.0. The summed E-state index contributed by atoms with van der Waals surface area (Å²) in [6.07, 6.45) is 0. The number of para-hydroxylation sites is 5. The summed E-state index contributed by atoms with van der Waals surface area (Å²) in [4.78, 5) is 4.73. The van der Waals surface area contributed by atoms with Crippen molar-refractivity contribution in [2.75, 3.05) is 9.80 Å². The molecule has 26 aromatic rings. The zero-order valence-electron chi connectivity index (χ0n) is 73.8. The number of benzene rings is 20. The van der Waals surface area contributed by atoms with Gasteiger partial charge >= 0.3 is 0 Å². The molecule has 6 aromatic heterocycles. The highest BCUT2D eigenvalue weighted by Gasteiger charge is 2.39. The number of hydrogen-bond donors (Lipinski definition) is 0. The molecule has 5 nitrogen and oxygen atoms in total. The molecule has 0 atom stereocenters. The fraction of sp³-hybridized carbons (Fsp3) is 0.0476. The lowest BCUT2D eigenvalue weighted by Gasteiger charge is -2.26. The van der Waals surface area contributed by atoms with Crippen molar-refractivity contribution >= 4 is 194 Å². The average Bonchev–Trinajstić information content (AvgIpc) is 1.55. The highest BCUT2D eigenvalue weighted by molar-refractivity contribution is 7.27. The predicted octanol–water partition coefficient (Wildman–Crippen LogP) is 37.7. The van der Waals surface area contributed by atoms with Crippen LogP contribution >= 0.6 is 34.0 Å². The van der Waals surface area contributed by atoms with E-state index in [0.29, 0.717) is 0 Å². The molecule has 2 aliphatic carbocycles. The van der Waals surface area contributed by atoms with Crippen molar-refractivity contribution in [2.45, 2.75) is 38.5 Å². The van der Waals surface area contributed by atoms with Gasteiger partial charge in [0.05, 0.1) is 0 Å². The van der Waals surface area contributed by atoms with Gasteiger partial charge in [0.25, 0.3) is 0 Å². The monoisotopic (exact) mass is 1770 g/mol. The second-order valence-corrected chi connectivity index (χ2v) is 39.8. The maximum atomic E-state index is 7.01. The molecule has 632 valence electrons. The summed E-state index contributed by atoms with van der Waals surface area (Å²) in [5, 5.41) is 14.7. The maximum absolute atomic E-state index is 7.01. The van der Waals surface area contributed by atoms with Crippen molar-refractivity contribution in [3.63, 3.8) is 0 Å². The van der Waals surface area contributed by atoms with Crippen molar-refractivity contribution in [2.24, 2.45) is 0 Å². The summed E-state index contributed by atoms with van der Waals surface area (Å²) in [5.74, 6) is 0. The van der Waals surface area contributed by atoms with Crippen molar-refractivity contribution in [1.82, 2.24) is 0 Å². The quantitative estimate of drug-likeness (QED) is 0.122. The van der Waals surface area contributed by atoms with Crippen LogP contribution in [0.1, 0.15) is 49.9 Å². The van der Waals surface area contributed by atoms with Crippen molar-refractivity contribution in [3.8, 4) is 89.0 Å². The zero-order chi connectivity index (χ0) is 88.8. The highest BCUT2D eigenvalue weighted by atomic mass is 32.1. The van der Waals surface area contributed by atoms with E-state index in [9.17, 15) is 0 Å². The van der Waals surface area contributed by atoms with Gasteiger partial charge in [-0.2, -0.15) is 0 Å². The lowest BCUT2D eigenvalue weighted by Crippen LogP contribution is -2.14. The first kappa shape index (κ1) is 78.0. The van der Waals surface area contributed by atoms with Crippen molar-refractivity contribution in [1.29, 1.82) is 0 Å². The van der Waals surface area contributed by atoms with E-state index in [1.807, 2.05) is 58.3 Å². The van der Waals surface area contributed by atoms with E-state index in [4.69, 9.17) is 13.3 Å². The molecule has 0 saturated heterocycles. The van der Waals surface area contributed by atoms with Gasteiger partial charge in [-0.15, -0.1) is 34.0 Å². The van der Waals surface area contributed by atoms with Crippen LogP contribution < -0.4 is 9.80 Å². The fourth-order valence-corrected chi connectivity index (χ4v) is 25.9. The van der Waals surface area contributed by atoms with Crippen LogP contribution in [-0.4, -0.2) is 0 Å². The molecule has 0 radical (unpaired) electrons. The highest BCUT2D eigenvalue weighted by Crippen LogP contribution is 2.58. The Morgan fingerprint density at radius 2 is 0.448 bits per heavy atom. The van der Waals surface area contributed by atoms with Gasteiger partial charge in [-0.3, -0.25) is 0 Å². The van der Waals surface area contributed by atoms with Crippen LogP contribution in [0.5, 0.6) is 0 Å². The summed E-state index contributed by atoms with van der Waals surface area (Å²) < 4.78 is 27.9. The summed E-state index contributed by atoms with van der Waals surface area (Å²) in [5.41, 5.74) is 36.6. The van der Waals surface area contributed by atoms with Gasteiger partial charge in [0, 0.05) is 166 Å². The van der Waals surface area contributed by atoms with Gasteiger partial charge in [0.2, 0.25) is 0 Å². The number of hydrogen-bond acceptors (Lipinski definition) is 8. The Morgan fingerprint density at radius 1 is 0.179 bits per heavy atom. The van der Waals surface area contributed by atoms with E-state index in [1.54, 1.807) is 0 Å². The van der Waals surface area contributed by atoms with E-state index in [2.05, 4.69) is 438 Å². The van der Waals surface area contributed by atoms with Gasteiger partial charge in [-0.05, 0) is 181 Å². The van der Waals surface area contributed by atoms with Crippen LogP contribution in [0.3, 0.4) is 0 Å². The Hall–Kier alpha value is -15.9. The molecule has 20 aromatic carbocycles. The molecule has 0 fully saturated rings. The molecule has 0 amide bonds. The van der Waals surface area contributed by atoms with E-state index in [1.165, 1.54) is 138 Å². The van der Waals surface area contributed by atoms with Crippen LogP contribution in [0, 0.1) is 0 Å². The minimum atomic E-state index is -0.0971. The third kappa shape index (κ3) is 12.1. The van der Waals surface area contributed by atoms with Crippen LogP contribution in [0.25, 0.3) is 215 Å². The van der Waals surface area contributed by atoms with Gasteiger partial charge < -0.3 is 23.1 Å². The van der Waals surface area contributed by atoms with E-state index in [0.717, 1.165) is 133 Å². The topological polar surface area (TPSA) is 45.9 Å². The Balaban J connectivity index is 0.000000136. The Bertz CT molecular complexity index is 8450. The number of fused-ring (bicyclic) bond motifs is 26. The van der Waals surface area contributed by atoms with E-state index >= 15 is 0 Å². The Morgan fingerprint density at radius 3 is 0.858 bits per heavy atom. The Labute approximate surface area is 785 Å². The minimum absolute atomic E-state index is 0.0305. The summed E-state index contributed by atoms with van der Waals surface area (Å²) >= 11 is 5.69. The summed E-state index contributed by atoms with van der Waals surface area (Å²) in [6.45, 7) is 9.37. The van der Waals surface area contributed by atoms with E-state index in [-0.39, 0.29) is 10.8 Å². The maximum Gasteiger partial charge on any atom is 0.143 e. The van der Waals surface area contributed by atoms with Crippen LogP contribution in [0.15, 0.2) is 438 Å². The molecule has 2 aliphatic rings. The smallest absolute Gasteiger partial charge is 0.143 e. The molecule has 8 heteroatoms. The molecule has 0 aliphatic heterocycles. The standard InChI is InChI=1S/C63H41NO2S.C63H41NOS2/c1-63(2)54-21-6-3-14-53(54)58-55(63)37-36-51-50-19-10-16-45(60(50)66-61(51)58)39-26-32-42(33-27-39)64(41-30-24-38(25-31-41)44-15-9-18-49-47-12-4-7-22-56(47)65-59(44)49)43-34-28-40(29-35-43)46-17-11-20-52-48-13-5-8-23-57(48)67-62(46)52;1-63(2)54-21-6-3-14-53(54)58-55(63)37-36-52-51-20-11-17-46(61(51)67-62(52)58)40-28-34-43(35-29-40)64(41-30-24-38(25-31-41)44-15-9-18-49-47-12-4-7-22-56(47)65-59(44)49)42-32-26-39(27-33-42)45-16-10-19-50-48-13-5-8-23-57(48)66-60(45)50/h2*3-37H,1-2H3. The number of nitrogens with zero attached hydrogens (tertiary/aromatic N) is 2. The second kappa shape index (κ2) is 30.3. The molecule has 6 heterocycles. The van der Waals surface area contributed by atoms with Crippen LogP contribution in [-0.2, 0) is 10.8 Å². The Kier molecular flexibility index (Phi) is 17.6. The first-order valence-corrected chi connectivity index (χ1v) is 48.4. The zero-order valence-corrected chi connectivity index (χ0v) is 76.2. The number of rotatable bonds is 12. The largest absolute Gasteiger partial charge is 0.455 e. The van der Waals surface area contributed by atoms with Crippen molar-refractivity contribution < 1.29 is 13.3 Å². The summed E-state index contributed by atoms with van der Waals surface area (Å²) in [7, 11) is 0. The number of thiophene rings is 3. The number of anilines is 6. The molecular formula is C126H82N2O3S3. The van der Waals surface area contributed by atoms with Gasteiger partial charge in [-0.1, -0.05) is 355 Å². The first-order chi connectivity index (χ1) is 65.9. The van der Waals surface area contributed by atoms with Crippen LogP contribution in [0.2, 0.25) is 0 Å². The molecule has 0 unspecified atom stereocenters. The predicted molar refractivity (Wildman–Crippen MR) is 570 cm³/mol. The van der Waals surface area contributed by atoms with Gasteiger partial charge in [0.15, 0.2) is 0 Å².